The van der Waals surface area contributed by atoms with Crippen LogP contribution in [0.5, 0.6) is 0 Å². The number of anilines is 1. The molecule has 29 heavy (non-hydrogen) atoms. The maximum absolute atomic E-state index is 13.2. The average Bonchev–Trinajstić information content (AvgIpc) is 2.61. The third kappa shape index (κ3) is 4.76. The minimum atomic E-state index is -4.67. The van der Waals surface area contributed by atoms with Crippen LogP contribution in [0.2, 0.25) is 0 Å². The Balaban J connectivity index is 1.72. The van der Waals surface area contributed by atoms with Crippen molar-refractivity contribution in [1.82, 2.24) is 4.72 Å². The number of alkyl halides is 3. The largest absolute Gasteiger partial charge is 0.402 e. The first-order valence-corrected chi connectivity index (χ1v) is 10.2. The summed E-state index contributed by atoms with van der Waals surface area (Å²) in [6, 6.07) is 10.5. The first kappa shape index (κ1) is 21.3. The first-order valence-electron chi connectivity index (χ1n) is 8.76. The molecular weight excluding hydrogens is 412 g/mol. The van der Waals surface area contributed by atoms with Crippen LogP contribution in [0.3, 0.4) is 0 Å². The summed E-state index contributed by atoms with van der Waals surface area (Å²) >= 11 is 0. The van der Waals surface area contributed by atoms with E-state index in [1.54, 1.807) is 12.1 Å². The Morgan fingerprint density at radius 2 is 1.59 bits per heavy atom. The van der Waals surface area contributed by atoms with Gasteiger partial charge in [-0.25, -0.2) is 17.5 Å². The van der Waals surface area contributed by atoms with E-state index in [-0.39, 0.29) is 10.8 Å². The second-order valence-corrected chi connectivity index (χ2v) is 8.63. The molecule has 0 radical (unpaired) electrons. The monoisotopic (exact) mass is 430 g/mol. The van der Waals surface area contributed by atoms with Gasteiger partial charge in [0, 0.05) is 5.69 Å². The van der Waals surface area contributed by atoms with Crippen LogP contribution in [0.1, 0.15) is 24.8 Å². The maximum atomic E-state index is 13.2. The normalized spacial score (nSPS) is 16.1. The highest BCUT2D eigenvalue weighted by atomic mass is 32.2. The van der Waals surface area contributed by atoms with E-state index >= 15 is 0 Å². The van der Waals surface area contributed by atoms with Crippen molar-refractivity contribution in [3.63, 3.8) is 0 Å². The molecular formula is C19H18F4N2O3S. The van der Waals surface area contributed by atoms with E-state index < -0.39 is 34.0 Å². The molecule has 0 aromatic heterocycles. The number of rotatable bonds is 6. The van der Waals surface area contributed by atoms with Crippen LogP contribution in [0.4, 0.5) is 23.2 Å². The highest BCUT2D eigenvalue weighted by Gasteiger charge is 2.45. The van der Waals surface area contributed by atoms with E-state index in [9.17, 15) is 30.8 Å². The van der Waals surface area contributed by atoms with Crippen LogP contribution in [0, 0.1) is 5.82 Å². The zero-order valence-electron chi connectivity index (χ0n) is 15.1. The van der Waals surface area contributed by atoms with Crippen LogP contribution in [0.25, 0.3) is 0 Å². The zero-order valence-corrected chi connectivity index (χ0v) is 15.9. The zero-order chi connectivity index (χ0) is 21.3. The summed E-state index contributed by atoms with van der Waals surface area (Å²) in [4.78, 5) is 12.5. The third-order valence-electron chi connectivity index (χ3n) is 4.92. The van der Waals surface area contributed by atoms with Gasteiger partial charge in [0.05, 0.1) is 10.3 Å². The van der Waals surface area contributed by atoms with Gasteiger partial charge in [0.15, 0.2) is 0 Å². The molecule has 1 aliphatic carbocycles. The molecule has 10 heteroatoms. The summed E-state index contributed by atoms with van der Waals surface area (Å²) in [6.45, 7) is -1.67. The molecule has 2 N–H and O–H groups in total. The van der Waals surface area contributed by atoms with Crippen molar-refractivity contribution in [3.8, 4) is 0 Å². The predicted molar refractivity (Wildman–Crippen MR) is 98.2 cm³/mol. The van der Waals surface area contributed by atoms with Gasteiger partial charge in [-0.05, 0) is 54.8 Å². The van der Waals surface area contributed by atoms with E-state index in [2.05, 4.69) is 5.32 Å². The molecule has 2 aromatic carbocycles. The molecule has 0 heterocycles. The lowest BCUT2D eigenvalue weighted by Crippen LogP contribution is -2.46. The summed E-state index contributed by atoms with van der Waals surface area (Å²) < 4.78 is 75.2. The van der Waals surface area contributed by atoms with Gasteiger partial charge in [-0.1, -0.05) is 18.6 Å². The van der Waals surface area contributed by atoms with E-state index in [0.717, 1.165) is 18.6 Å². The Labute approximate surface area is 165 Å². The van der Waals surface area contributed by atoms with Crippen LogP contribution >= 0.6 is 0 Å². The number of halogens is 4. The molecule has 0 aliphatic heterocycles. The highest BCUT2D eigenvalue weighted by molar-refractivity contribution is 7.89. The predicted octanol–water partition coefficient (Wildman–Crippen LogP) is 3.73. The topological polar surface area (TPSA) is 75.3 Å². The molecule has 0 spiro atoms. The number of hydrogen-bond donors (Lipinski definition) is 2. The molecule has 1 aliphatic rings. The van der Waals surface area contributed by atoms with Gasteiger partial charge < -0.3 is 5.32 Å². The molecule has 2 aromatic rings. The van der Waals surface area contributed by atoms with Crippen molar-refractivity contribution in [3.05, 3.63) is 59.9 Å². The Morgan fingerprint density at radius 3 is 2.07 bits per heavy atom. The number of amides is 1. The Kier molecular flexibility index (Phi) is 5.68. The van der Waals surface area contributed by atoms with E-state index in [1.807, 2.05) is 0 Å². The van der Waals surface area contributed by atoms with Gasteiger partial charge in [-0.2, -0.15) is 13.2 Å². The first-order chi connectivity index (χ1) is 13.5. The second kappa shape index (κ2) is 7.75. The fourth-order valence-corrected chi connectivity index (χ4v) is 4.19. The van der Waals surface area contributed by atoms with Crippen LogP contribution < -0.4 is 10.0 Å². The molecule has 5 nitrogen and oxygen atoms in total. The smallest absolute Gasteiger partial charge is 0.325 e. The number of sulfonamides is 1. The standard InChI is InChI=1S/C19H18F4N2O3S/c20-14-4-2-13(3-5-14)18(10-1-11-18)17(26)25-15-6-8-16(9-7-15)29(27,28)24-12-19(21,22)23/h2-9,24H,1,10-12H2,(H,25,26). The molecule has 156 valence electrons. The Hall–Kier alpha value is -2.46. The van der Waals surface area contributed by atoms with Gasteiger partial charge in [0.1, 0.15) is 12.4 Å². The summed E-state index contributed by atoms with van der Waals surface area (Å²) in [7, 11) is -4.33. The average molecular weight is 430 g/mol. The number of carbonyl (C=O) groups is 1. The lowest BCUT2D eigenvalue weighted by Gasteiger charge is -2.40. The molecule has 1 amide bonds. The third-order valence-corrected chi connectivity index (χ3v) is 6.34. The molecule has 3 rings (SSSR count). The summed E-state index contributed by atoms with van der Waals surface area (Å²) in [6.07, 6.45) is -2.64. The van der Waals surface area contributed by atoms with Gasteiger partial charge in [-0.3, -0.25) is 4.79 Å². The Morgan fingerprint density at radius 1 is 1.00 bits per heavy atom. The van der Waals surface area contributed by atoms with Gasteiger partial charge >= 0.3 is 6.18 Å². The lowest BCUT2D eigenvalue weighted by molar-refractivity contribution is -0.124. The fraction of sp³-hybridized carbons (Fsp3) is 0.316. The summed E-state index contributed by atoms with van der Waals surface area (Å²) in [5.74, 6) is -0.708. The molecule has 0 saturated heterocycles. The van der Waals surface area contributed by atoms with E-state index in [0.29, 0.717) is 24.1 Å². The van der Waals surface area contributed by atoms with Crippen molar-refractivity contribution in [2.45, 2.75) is 35.7 Å². The molecule has 1 saturated carbocycles. The molecule has 0 unspecified atom stereocenters. The van der Waals surface area contributed by atoms with E-state index in [4.69, 9.17) is 0 Å². The minimum Gasteiger partial charge on any atom is -0.325 e. The molecule has 0 atom stereocenters. The fourth-order valence-electron chi connectivity index (χ4n) is 3.17. The van der Waals surface area contributed by atoms with Crippen molar-refractivity contribution in [2.75, 3.05) is 11.9 Å². The van der Waals surface area contributed by atoms with Crippen molar-refractivity contribution in [2.24, 2.45) is 0 Å². The quantitative estimate of drug-likeness (QED) is 0.686. The molecule has 0 bridgehead atoms. The number of hydrogen-bond acceptors (Lipinski definition) is 3. The van der Waals surface area contributed by atoms with Crippen molar-refractivity contribution >= 4 is 21.6 Å². The number of carbonyl (C=O) groups excluding carboxylic acids is 1. The summed E-state index contributed by atoms with van der Waals surface area (Å²) in [5, 5.41) is 2.70. The lowest BCUT2D eigenvalue weighted by atomic mass is 9.64. The SMILES string of the molecule is O=C(Nc1ccc(S(=O)(=O)NCC(F)(F)F)cc1)C1(c2ccc(F)cc2)CCC1. The van der Waals surface area contributed by atoms with Crippen LogP contribution in [-0.2, 0) is 20.2 Å². The summed E-state index contributed by atoms with van der Waals surface area (Å²) in [5.41, 5.74) is 0.212. The number of nitrogens with one attached hydrogen (secondary N) is 2. The highest BCUT2D eigenvalue weighted by Crippen LogP contribution is 2.44. The van der Waals surface area contributed by atoms with Crippen molar-refractivity contribution < 1.29 is 30.8 Å². The van der Waals surface area contributed by atoms with Crippen LogP contribution in [-0.4, -0.2) is 27.0 Å². The Bertz CT molecular complexity index is 984. The second-order valence-electron chi connectivity index (χ2n) is 6.86. The molecule has 1 fully saturated rings. The van der Waals surface area contributed by atoms with Gasteiger partial charge in [0.2, 0.25) is 15.9 Å². The van der Waals surface area contributed by atoms with Gasteiger partial charge in [0.25, 0.3) is 0 Å². The van der Waals surface area contributed by atoms with E-state index in [1.165, 1.54) is 29.0 Å². The van der Waals surface area contributed by atoms with Crippen molar-refractivity contribution in [1.29, 1.82) is 0 Å². The number of benzene rings is 2. The van der Waals surface area contributed by atoms with Gasteiger partial charge in [-0.15, -0.1) is 0 Å². The van der Waals surface area contributed by atoms with Crippen LogP contribution in [0.15, 0.2) is 53.4 Å². The minimum absolute atomic E-state index is 0.304. The maximum Gasteiger partial charge on any atom is 0.402 e.